The van der Waals surface area contributed by atoms with Crippen LogP contribution in [-0.4, -0.2) is 58.2 Å². The summed E-state index contributed by atoms with van der Waals surface area (Å²) in [7, 11) is -0.0271. The summed E-state index contributed by atoms with van der Waals surface area (Å²) in [5, 5.41) is 22.4. The van der Waals surface area contributed by atoms with Gasteiger partial charge in [-0.05, 0) is 67.4 Å². The zero-order valence-electron chi connectivity index (χ0n) is 23.6. The molecule has 2 amide bonds. The van der Waals surface area contributed by atoms with E-state index in [9.17, 15) is 34.0 Å². The molecule has 13 heteroatoms. The quantitative estimate of drug-likeness (QED) is 0.0978. The molecule has 3 unspecified atom stereocenters. The number of hydrogen-bond acceptors (Lipinski definition) is 8. The normalized spacial score (nSPS) is 14.1. The average molecular weight is 616 g/mol. The van der Waals surface area contributed by atoms with Gasteiger partial charge in [0.1, 0.15) is 12.0 Å². The number of carboxylic acids is 1. The second-order valence-corrected chi connectivity index (χ2v) is 12.2. The van der Waals surface area contributed by atoms with E-state index < -0.39 is 49.5 Å². The first-order valence-electron chi connectivity index (χ1n) is 13.1. The molecule has 222 valence electrons. The number of nitrogens with one attached hydrogen (secondary N) is 2. The molecule has 0 saturated carbocycles. The van der Waals surface area contributed by atoms with Gasteiger partial charge in [0.05, 0.1) is 18.4 Å². The van der Waals surface area contributed by atoms with Gasteiger partial charge in [-0.3, -0.25) is 14.4 Å². The number of carbonyl (C=O) groups is 4. The highest BCUT2D eigenvalue weighted by atomic mass is 32.2. The Balaban J connectivity index is 1.94. The Labute approximate surface area is 248 Å². The summed E-state index contributed by atoms with van der Waals surface area (Å²) in [6.07, 6.45) is 0.167. The lowest BCUT2D eigenvalue weighted by molar-refractivity contribution is -0.653. The number of fused-ring (bicyclic) bond motifs is 1. The molecular formula is C29H34N3O8PS+2. The molecular weight excluding hydrogens is 581 g/mol. The monoisotopic (exact) mass is 615 g/mol. The minimum atomic E-state index is -1.99. The van der Waals surface area contributed by atoms with Gasteiger partial charge in [-0.15, -0.1) is 5.43 Å². The molecule has 0 aliphatic rings. The molecule has 1 aromatic heterocycles. The number of carboxylic acid groups (broad SMARTS) is 1. The zero-order valence-corrected chi connectivity index (χ0v) is 25.4. The first kappa shape index (κ1) is 32.7. The van der Waals surface area contributed by atoms with Crippen molar-refractivity contribution in [1.29, 1.82) is 0 Å². The Morgan fingerprint density at radius 3 is 2.24 bits per heavy atom. The molecule has 11 nitrogen and oxygen atoms in total. The Morgan fingerprint density at radius 2 is 1.64 bits per heavy atom. The maximum Gasteiger partial charge on any atom is 0.361 e. The molecule has 0 radical (unpaired) electrons. The molecule has 0 spiro atoms. The summed E-state index contributed by atoms with van der Waals surface area (Å²) in [6, 6.07) is 15.6. The van der Waals surface area contributed by atoms with Gasteiger partial charge < -0.3 is 20.3 Å². The topological polar surface area (TPSA) is 163 Å². The van der Waals surface area contributed by atoms with Gasteiger partial charge in [0.2, 0.25) is 11.4 Å². The van der Waals surface area contributed by atoms with Crippen molar-refractivity contribution in [2.45, 2.75) is 43.6 Å². The van der Waals surface area contributed by atoms with Crippen molar-refractivity contribution in [2.75, 3.05) is 18.3 Å². The van der Waals surface area contributed by atoms with Gasteiger partial charge in [0.15, 0.2) is 0 Å². The number of amides is 2. The summed E-state index contributed by atoms with van der Waals surface area (Å²) < 4.78 is 18.7. The fourth-order valence-electron chi connectivity index (χ4n) is 4.21. The van der Waals surface area contributed by atoms with E-state index in [1.54, 1.807) is 18.2 Å². The summed E-state index contributed by atoms with van der Waals surface area (Å²) in [4.78, 5) is 49.4. The first-order valence-corrected chi connectivity index (χ1v) is 15.0. The third-order valence-electron chi connectivity index (χ3n) is 6.53. The van der Waals surface area contributed by atoms with Crippen molar-refractivity contribution in [3.05, 3.63) is 71.8 Å². The van der Waals surface area contributed by atoms with Crippen molar-refractivity contribution in [3.63, 3.8) is 0 Å². The number of benzene rings is 2. The van der Waals surface area contributed by atoms with Crippen LogP contribution in [0, 0.1) is 11.8 Å². The molecule has 4 N–H and O–H groups in total. The second-order valence-electron chi connectivity index (χ2n) is 10.1. The number of ether oxygens (including phenoxy) is 1. The number of pyridine rings is 1. The number of aliphatic carboxylic acids is 1. The van der Waals surface area contributed by atoms with Gasteiger partial charge in [0.25, 0.3) is 10.4 Å². The van der Waals surface area contributed by atoms with Crippen LogP contribution >= 0.6 is 20.2 Å². The van der Waals surface area contributed by atoms with Gasteiger partial charge in [-0.2, -0.15) is 0 Å². The van der Waals surface area contributed by atoms with E-state index in [2.05, 4.69) is 10.7 Å². The Bertz CT molecular complexity index is 1480. The molecule has 0 aliphatic carbocycles. The lowest BCUT2D eigenvalue weighted by Gasteiger charge is -2.26. The number of carbonyl (C=O) groups excluding carboxylic acids is 3. The molecule has 0 fully saturated rings. The third kappa shape index (κ3) is 7.90. The van der Waals surface area contributed by atoms with E-state index >= 15 is 0 Å². The van der Waals surface area contributed by atoms with Gasteiger partial charge in [-0.25, -0.2) is 4.79 Å². The fourth-order valence-corrected chi connectivity index (χ4v) is 6.06. The predicted octanol–water partition coefficient (Wildman–Crippen LogP) is 3.35. The van der Waals surface area contributed by atoms with E-state index in [1.807, 2.05) is 32.0 Å². The number of thioether (sulfide) groups is 1. The summed E-state index contributed by atoms with van der Waals surface area (Å²) in [6.45, 7) is 4.99. The minimum Gasteiger partial charge on any atom is -0.480 e. The molecule has 1 heterocycles. The zero-order chi connectivity index (χ0) is 31.0. The van der Waals surface area contributed by atoms with Crippen LogP contribution in [0.15, 0.2) is 65.7 Å². The van der Waals surface area contributed by atoms with Crippen LogP contribution in [0.25, 0.3) is 10.9 Å². The lowest BCUT2D eigenvalue weighted by atomic mass is 9.91. The summed E-state index contributed by atoms with van der Waals surface area (Å²) in [5.41, 5.74) is 4.05. The highest BCUT2D eigenvalue weighted by molar-refractivity contribution is 7.99. The Morgan fingerprint density at radius 1 is 1.00 bits per heavy atom. The number of hydrogen-bond donors (Lipinski definition) is 4. The smallest absolute Gasteiger partial charge is 0.361 e. The lowest BCUT2D eigenvalue weighted by Crippen LogP contribution is -2.52. The van der Waals surface area contributed by atoms with Crippen LogP contribution in [0.5, 0.6) is 0 Å². The summed E-state index contributed by atoms with van der Waals surface area (Å²) >= 11 is 1.09. The van der Waals surface area contributed by atoms with Crippen LogP contribution < -0.4 is 15.4 Å². The van der Waals surface area contributed by atoms with Crippen molar-refractivity contribution in [3.8, 4) is 0 Å². The number of methoxy groups -OCH3 is 1. The third-order valence-corrected chi connectivity index (χ3v) is 8.86. The number of aromatic nitrogens is 1. The van der Waals surface area contributed by atoms with Crippen LogP contribution in [0.2, 0.25) is 0 Å². The molecule has 2 aromatic carbocycles. The Kier molecular flexibility index (Phi) is 11.2. The summed E-state index contributed by atoms with van der Waals surface area (Å²) in [5.74, 6) is -4.36. The molecule has 3 rings (SSSR count). The predicted molar refractivity (Wildman–Crippen MR) is 158 cm³/mol. The molecule has 3 aromatic rings. The van der Waals surface area contributed by atoms with Gasteiger partial charge in [0, 0.05) is 23.1 Å². The number of para-hydroxylation sites is 1. The van der Waals surface area contributed by atoms with E-state index in [0.29, 0.717) is 16.1 Å². The minimum absolute atomic E-state index is 0.0655. The largest absolute Gasteiger partial charge is 0.480 e. The molecule has 0 aliphatic heterocycles. The number of aliphatic hydroxyl groups is 1. The highest BCUT2D eigenvalue weighted by Crippen LogP contribution is 2.38. The fraction of sp³-hybridized carbons (Fsp3) is 0.345. The number of nitrogens with zero attached hydrogens (tertiary/aromatic N) is 1. The van der Waals surface area contributed by atoms with E-state index in [-0.39, 0.29) is 23.7 Å². The van der Waals surface area contributed by atoms with Crippen LogP contribution in [0.3, 0.4) is 0 Å². The van der Waals surface area contributed by atoms with Crippen LogP contribution in [-0.2, 0) is 18.9 Å². The van der Waals surface area contributed by atoms with Gasteiger partial charge >= 0.3 is 26.3 Å². The first-order chi connectivity index (χ1) is 19.9. The Hall–Kier alpha value is -3.86. The average Bonchev–Trinajstić information content (AvgIpc) is 2.98. The van der Waals surface area contributed by atoms with E-state index in [4.69, 9.17) is 4.74 Å². The van der Waals surface area contributed by atoms with E-state index in [0.717, 1.165) is 17.1 Å². The molecule has 42 heavy (non-hydrogen) atoms. The SMILES string of the molecule is COC(=O)c1ccc(C(=O)N[n+]2c(SCC(O)([PH+]=O)C(CC(C)C)C(=O)N[C@@H](C)C(=O)O)ccc3ccccc32)cc1. The van der Waals surface area contributed by atoms with Crippen LogP contribution in [0.4, 0.5) is 0 Å². The van der Waals surface area contributed by atoms with Crippen molar-refractivity contribution < 1.29 is 43.4 Å². The van der Waals surface area contributed by atoms with Crippen molar-refractivity contribution in [1.82, 2.24) is 5.32 Å². The van der Waals surface area contributed by atoms with Crippen molar-refractivity contribution >= 4 is 54.9 Å². The maximum atomic E-state index is 13.2. The highest BCUT2D eigenvalue weighted by Gasteiger charge is 2.50. The number of esters is 1. The van der Waals surface area contributed by atoms with E-state index in [1.165, 1.54) is 43.0 Å². The maximum absolute atomic E-state index is 13.2. The van der Waals surface area contributed by atoms with Gasteiger partial charge in [-0.1, -0.05) is 35.2 Å². The molecule has 4 atom stereocenters. The molecule has 0 bridgehead atoms. The molecule has 0 saturated heterocycles. The standard InChI is InChI=1S/C29H32N3O8PS/c1-17(2)15-22(26(34)30-18(3)27(35)36)29(38,41-39)16-42-24-14-13-19-7-5-6-8-23(19)32(24)31-25(33)20-9-11-21(12-10-20)28(37)40-4/h5-14,17-18,22,38H,15-16H2,1-4H3,(H2-,30,31,33,34,35,36)/p+2/t18-,22?,29?/m0/s1. The second kappa shape index (κ2) is 14.4. The van der Waals surface area contributed by atoms with Crippen LogP contribution in [0.1, 0.15) is 47.9 Å². The number of rotatable bonds is 13. The van der Waals surface area contributed by atoms with Crippen molar-refractivity contribution in [2.24, 2.45) is 11.8 Å².